The number of nitrogens with one attached hydrogen (secondary N) is 2. The van der Waals surface area contributed by atoms with Gasteiger partial charge in [-0.25, -0.2) is 9.97 Å². The molecule has 1 aliphatic carbocycles. The number of likely N-dealkylation sites (N-methyl/N-ethyl adjacent to an activating group) is 1. The molecule has 118 valence electrons. The Hall–Kier alpha value is -1.57. The monoisotopic (exact) mass is 303 g/mol. The molecular weight excluding hydrogens is 283 g/mol. The maximum Gasteiger partial charge on any atom is 0.451 e. The zero-order valence-corrected chi connectivity index (χ0v) is 12.4. The van der Waals surface area contributed by atoms with Crippen LogP contribution >= 0.6 is 0 Å². The first-order valence-electron chi connectivity index (χ1n) is 6.82. The minimum absolute atomic E-state index is 0.00313. The average Bonchev–Trinajstić information content (AvgIpc) is 2.35. The summed E-state index contributed by atoms with van der Waals surface area (Å²) in [7, 11) is 5.50. The molecule has 0 bridgehead atoms. The molecule has 0 saturated heterocycles. The third-order valence-corrected chi connectivity index (χ3v) is 4.07. The fourth-order valence-electron chi connectivity index (χ4n) is 2.41. The molecule has 0 aliphatic heterocycles. The molecule has 2 N–H and O–H groups in total. The fourth-order valence-corrected chi connectivity index (χ4v) is 2.41. The molecule has 0 aromatic carbocycles. The lowest BCUT2D eigenvalue weighted by molar-refractivity contribution is -0.144. The van der Waals surface area contributed by atoms with Crippen LogP contribution in [0.2, 0.25) is 0 Å². The van der Waals surface area contributed by atoms with E-state index in [2.05, 4.69) is 25.5 Å². The zero-order chi connectivity index (χ0) is 15.7. The fraction of sp³-hybridized carbons (Fsp3) is 0.692. The normalized spacial score (nSPS) is 17.5. The van der Waals surface area contributed by atoms with Gasteiger partial charge in [0.05, 0.1) is 0 Å². The largest absolute Gasteiger partial charge is 0.451 e. The summed E-state index contributed by atoms with van der Waals surface area (Å²) in [6, 6.07) is 1.48. The van der Waals surface area contributed by atoms with E-state index in [1.807, 2.05) is 14.1 Å². The lowest BCUT2D eigenvalue weighted by atomic mass is 9.75. The molecule has 1 aromatic heterocycles. The lowest BCUT2D eigenvalue weighted by Gasteiger charge is -2.47. The Labute approximate surface area is 122 Å². The van der Waals surface area contributed by atoms with Gasteiger partial charge in [-0.2, -0.15) is 13.2 Å². The van der Waals surface area contributed by atoms with Crippen LogP contribution in [0, 0.1) is 0 Å². The molecule has 5 nitrogen and oxygen atoms in total. The summed E-state index contributed by atoms with van der Waals surface area (Å²) in [5.74, 6) is -0.800. The van der Waals surface area contributed by atoms with Crippen LogP contribution in [-0.2, 0) is 6.18 Å². The second-order valence-electron chi connectivity index (χ2n) is 5.54. The van der Waals surface area contributed by atoms with Gasteiger partial charge in [0.25, 0.3) is 0 Å². The van der Waals surface area contributed by atoms with Crippen molar-refractivity contribution in [3.8, 4) is 0 Å². The van der Waals surface area contributed by atoms with Crippen molar-refractivity contribution in [1.29, 1.82) is 0 Å². The highest BCUT2D eigenvalue weighted by Gasteiger charge is 2.39. The number of hydrogen-bond acceptors (Lipinski definition) is 5. The summed E-state index contributed by atoms with van der Waals surface area (Å²) in [5.41, 5.74) is 0.00313. The Morgan fingerprint density at radius 1 is 1.24 bits per heavy atom. The molecular formula is C13H20F3N5. The Bertz CT molecular complexity index is 497. The first-order valence-corrected chi connectivity index (χ1v) is 6.82. The minimum atomic E-state index is -4.56. The predicted molar refractivity (Wildman–Crippen MR) is 75.3 cm³/mol. The Balaban J connectivity index is 2.16. The van der Waals surface area contributed by atoms with E-state index in [0.717, 1.165) is 19.3 Å². The van der Waals surface area contributed by atoms with Gasteiger partial charge >= 0.3 is 6.18 Å². The van der Waals surface area contributed by atoms with Crippen LogP contribution in [0.4, 0.5) is 24.8 Å². The molecule has 1 heterocycles. The van der Waals surface area contributed by atoms with E-state index < -0.39 is 12.0 Å². The summed E-state index contributed by atoms with van der Waals surface area (Å²) in [6.07, 6.45) is -1.36. The van der Waals surface area contributed by atoms with E-state index in [4.69, 9.17) is 0 Å². The van der Waals surface area contributed by atoms with Crippen LogP contribution < -0.4 is 10.6 Å². The third-order valence-electron chi connectivity index (χ3n) is 4.07. The molecule has 0 atom stereocenters. The number of anilines is 2. The summed E-state index contributed by atoms with van der Waals surface area (Å²) >= 11 is 0. The first-order chi connectivity index (χ1) is 9.77. The van der Waals surface area contributed by atoms with E-state index in [0.29, 0.717) is 6.54 Å². The molecule has 0 spiro atoms. The Morgan fingerprint density at radius 3 is 2.29 bits per heavy atom. The maximum atomic E-state index is 12.8. The second-order valence-corrected chi connectivity index (χ2v) is 5.54. The van der Waals surface area contributed by atoms with Gasteiger partial charge in [-0.3, -0.25) is 0 Å². The number of aromatic nitrogens is 2. The highest BCUT2D eigenvalue weighted by atomic mass is 19.4. The molecule has 1 aromatic rings. The smallest absolute Gasteiger partial charge is 0.373 e. The van der Waals surface area contributed by atoms with E-state index in [1.165, 1.54) is 13.1 Å². The molecule has 8 heteroatoms. The third kappa shape index (κ3) is 3.37. The standard InChI is InChI=1S/C13H20F3N5/c1-17-9-7-10(20-11(19-9)13(14,15)16)18-8-12(21(2)3)5-4-6-12/h7H,4-6,8H2,1-3H3,(H2,17,18,19,20). The Kier molecular flexibility index (Phi) is 4.27. The van der Waals surface area contributed by atoms with Gasteiger partial charge in [-0.15, -0.1) is 0 Å². The minimum Gasteiger partial charge on any atom is -0.373 e. The molecule has 1 aliphatic rings. The molecule has 0 unspecified atom stereocenters. The van der Waals surface area contributed by atoms with Crippen LogP contribution in [0.15, 0.2) is 6.07 Å². The maximum absolute atomic E-state index is 12.8. The highest BCUT2D eigenvalue weighted by molar-refractivity contribution is 5.47. The first kappa shape index (κ1) is 15.8. The van der Waals surface area contributed by atoms with Gasteiger partial charge < -0.3 is 15.5 Å². The number of nitrogens with zero attached hydrogens (tertiary/aromatic N) is 3. The van der Waals surface area contributed by atoms with Gasteiger partial charge in [0.15, 0.2) is 0 Å². The highest BCUT2D eigenvalue weighted by Crippen LogP contribution is 2.36. The van der Waals surface area contributed by atoms with E-state index in [9.17, 15) is 13.2 Å². The molecule has 2 rings (SSSR count). The summed E-state index contributed by atoms with van der Waals surface area (Å²) in [4.78, 5) is 9.13. The average molecular weight is 303 g/mol. The summed E-state index contributed by atoms with van der Waals surface area (Å²) in [5, 5.41) is 5.65. The van der Waals surface area contributed by atoms with Crippen molar-refractivity contribution >= 4 is 11.6 Å². The van der Waals surface area contributed by atoms with Crippen LogP contribution in [-0.4, -0.2) is 48.1 Å². The second kappa shape index (κ2) is 5.67. The number of alkyl halides is 3. The number of halogens is 3. The number of hydrogen-bond donors (Lipinski definition) is 2. The molecule has 0 radical (unpaired) electrons. The van der Waals surface area contributed by atoms with Crippen molar-refractivity contribution in [1.82, 2.24) is 14.9 Å². The lowest BCUT2D eigenvalue weighted by Crippen LogP contribution is -2.54. The van der Waals surface area contributed by atoms with Crippen molar-refractivity contribution in [2.45, 2.75) is 31.0 Å². The molecule has 0 amide bonds. The van der Waals surface area contributed by atoms with Crippen LogP contribution in [0.5, 0.6) is 0 Å². The van der Waals surface area contributed by atoms with Crippen molar-refractivity contribution < 1.29 is 13.2 Å². The summed E-state index contributed by atoms with van der Waals surface area (Å²) in [6.45, 7) is 0.567. The van der Waals surface area contributed by atoms with Crippen molar-refractivity contribution in [3.05, 3.63) is 11.9 Å². The molecule has 21 heavy (non-hydrogen) atoms. The topological polar surface area (TPSA) is 53.1 Å². The Morgan fingerprint density at radius 2 is 1.86 bits per heavy atom. The van der Waals surface area contributed by atoms with Gasteiger partial charge in [-0.1, -0.05) is 0 Å². The molecule has 1 saturated carbocycles. The quantitative estimate of drug-likeness (QED) is 0.875. The van der Waals surface area contributed by atoms with Gasteiger partial charge in [0.2, 0.25) is 5.82 Å². The van der Waals surface area contributed by atoms with E-state index in [1.54, 1.807) is 0 Å². The van der Waals surface area contributed by atoms with Gasteiger partial charge in [0, 0.05) is 25.2 Å². The van der Waals surface area contributed by atoms with Crippen LogP contribution in [0.3, 0.4) is 0 Å². The predicted octanol–water partition coefficient (Wildman–Crippen LogP) is 2.43. The van der Waals surface area contributed by atoms with Gasteiger partial charge in [-0.05, 0) is 33.4 Å². The summed E-state index contributed by atoms with van der Waals surface area (Å²) < 4.78 is 38.3. The van der Waals surface area contributed by atoms with Crippen molar-refractivity contribution in [3.63, 3.8) is 0 Å². The SMILES string of the molecule is CNc1cc(NCC2(N(C)C)CCC2)nc(C(F)(F)F)n1. The van der Waals surface area contributed by atoms with E-state index in [-0.39, 0.29) is 17.2 Å². The number of rotatable bonds is 5. The van der Waals surface area contributed by atoms with E-state index >= 15 is 0 Å². The van der Waals surface area contributed by atoms with Crippen molar-refractivity contribution in [2.24, 2.45) is 0 Å². The van der Waals surface area contributed by atoms with Crippen molar-refractivity contribution in [2.75, 3.05) is 38.3 Å². The molecule has 1 fully saturated rings. The zero-order valence-electron chi connectivity index (χ0n) is 12.4. The van der Waals surface area contributed by atoms with Crippen LogP contribution in [0.1, 0.15) is 25.1 Å². The van der Waals surface area contributed by atoms with Crippen LogP contribution in [0.25, 0.3) is 0 Å². The van der Waals surface area contributed by atoms with Gasteiger partial charge in [0.1, 0.15) is 11.6 Å².